The Balaban J connectivity index is 2.08. The summed E-state index contributed by atoms with van der Waals surface area (Å²) in [5.41, 5.74) is 9.59. The van der Waals surface area contributed by atoms with Crippen molar-refractivity contribution in [2.75, 3.05) is 12.1 Å². The number of nitrogens with zero attached hydrogens (tertiary/aromatic N) is 4. The van der Waals surface area contributed by atoms with Gasteiger partial charge in [0.2, 0.25) is 0 Å². The molecule has 0 bridgehead atoms. The monoisotopic (exact) mass is 285 g/mol. The zero-order chi connectivity index (χ0) is 15.0. The van der Waals surface area contributed by atoms with E-state index >= 15 is 0 Å². The van der Waals surface area contributed by atoms with E-state index in [1.54, 1.807) is 13.3 Å². The Labute approximate surface area is 120 Å². The van der Waals surface area contributed by atoms with Crippen molar-refractivity contribution in [1.29, 1.82) is 5.53 Å². The molecule has 1 aromatic heterocycles. The van der Waals surface area contributed by atoms with E-state index in [1.807, 2.05) is 25.1 Å². The highest BCUT2D eigenvalue weighted by molar-refractivity contribution is 5.93. The number of aromatic nitrogens is 2. The SMILES string of the molecule is CC1NC(=O)N=CC1c1[nH]nc2ccc(N(C)N=N)cc12. The number of carbonyl (C=O) groups is 1. The molecule has 2 unspecified atom stereocenters. The van der Waals surface area contributed by atoms with Gasteiger partial charge in [0.05, 0.1) is 22.8 Å². The maximum atomic E-state index is 11.3. The van der Waals surface area contributed by atoms with Crippen LogP contribution in [0.15, 0.2) is 28.4 Å². The second-order valence-corrected chi connectivity index (χ2v) is 5.00. The number of nitrogens with one attached hydrogen (secondary N) is 3. The van der Waals surface area contributed by atoms with E-state index in [9.17, 15) is 4.79 Å². The lowest BCUT2D eigenvalue weighted by atomic mass is 9.95. The molecule has 8 heteroatoms. The van der Waals surface area contributed by atoms with Crippen molar-refractivity contribution in [3.05, 3.63) is 23.9 Å². The number of amides is 2. The zero-order valence-corrected chi connectivity index (χ0v) is 11.7. The van der Waals surface area contributed by atoms with Crippen molar-refractivity contribution in [3.63, 3.8) is 0 Å². The van der Waals surface area contributed by atoms with Crippen molar-refractivity contribution in [2.45, 2.75) is 18.9 Å². The van der Waals surface area contributed by atoms with Crippen LogP contribution >= 0.6 is 0 Å². The first kappa shape index (κ1) is 13.2. The molecule has 3 N–H and O–H groups in total. The molecule has 2 aromatic rings. The number of H-pyrrole nitrogens is 1. The Morgan fingerprint density at radius 2 is 2.24 bits per heavy atom. The van der Waals surface area contributed by atoms with Gasteiger partial charge in [-0.1, -0.05) is 5.22 Å². The molecule has 0 saturated carbocycles. The second-order valence-electron chi connectivity index (χ2n) is 5.00. The molecule has 3 rings (SSSR count). The van der Waals surface area contributed by atoms with Gasteiger partial charge in [0.25, 0.3) is 0 Å². The van der Waals surface area contributed by atoms with Gasteiger partial charge in [-0.3, -0.25) is 10.1 Å². The Morgan fingerprint density at radius 3 is 2.95 bits per heavy atom. The van der Waals surface area contributed by atoms with Crippen molar-refractivity contribution < 1.29 is 4.79 Å². The predicted molar refractivity (Wildman–Crippen MR) is 78.9 cm³/mol. The number of aliphatic imine (C=N–C) groups is 1. The van der Waals surface area contributed by atoms with Crippen LogP contribution < -0.4 is 10.3 Å². The molecule has 1 aliphatic heterocycles. The molecule has 0 fully saturated rings. The molecule has 0 radical (unpaired) electrons. The van der Waals surface area contributed by atoms with Crippen molar-refractivity contribution in [1.82, 2.24) is 15.5 Å². The third kappa shape index (κ3) is 2.24. The highest BCUT2D eigenvalue weighted by Crippen LogP contribution is 2.29. The molecule has 8 nitrogen and oxygen atoms in total. The van der Waals surface area contributed by atoms with E-state index in [1.165, 1.54) is 5.01 Å². The molecule has 2 amide bonds. The minimum absolute atomic E-state index is 0.0683. The second kappa shape index (κ2) is 4.97. The Hall–Kier alpha value is -2.77. The van der Waals surface area contributed by atoms with E-state index in [4.69, 9.17) is 5.53 Å². The normalized spacial score (nSPS) is 21.3. The lowest BCUT2D eigenvalue weighted by Crippen LogP contribution is -2.40. The van der Waals surface area contributed by atoms with Crippen LogP contribution in [0.5, 0.6) is 0 Å². The van der Waals surface area contributed by atoms with E-state index < -0.39 is 0 Å². The van der Waals surface area contributed by atoms with E-state index in [0.717, 1.165) is 22.3 Å². The summed E-state index contributed by atoms with van der Waals surface area (Å²) in [6.07, 6.45) is 1.64. The van der Waals surface area contributed by atoms with E-state index in [0.29, 0.717) is 0 Å². The standard InChI is InChI=1S/C13H15N7O/c1-7-10(6-15-13(21)16-7)12-9-5-8(20(2)19-14)3-4-11(9)17-18-12/h3-7,10,14H,1-2H3,(H,16,21)(H,17,18). The average molecular weight is 285 g/mol. The third-order valence-corrected chi connectivity index (χ3v) is 3.67. The predicted octanol–water partition coefficient (Wildman–Crippen LogP) is 2.21. The quantitative estimate of drug-likeness (QED) is 0.594. The van der Waals surface area contributed by atoms with Gasteiger partial charge in [0.15, 0.2) is 0 Å². The van der Waals surface area contributed by atoms with Gasteiger partial charge in [0, 0.05) is 24.7 Å². The van der Waals surface area contributed by atoms with Crippen LogP contribution in [0.1, 0.15) is 18.5 Å². The van der Waals surface area contributed by atoms with Crippen LogP contribution in [0.25, 0.3) is 10.9 Å². The summed E-state index contributed by atoms with van der Waals surface area (Å²) < 4.78 is 0. The summed E-state index contributed by atoms with van der Waals surface area (Å²) in [7, 11) is 1.71. The highest BCUT2D eigenvalue weighted by Gasteiger charge is 2.26. The van der Waals surface area contributed by atoms with Crippen molar-refractivity contribution in [3.8, 4) is 0 Å². The average Bonchev–Trinajstić information content (AvgIpc) is 2.89. The molecule has 0 aliphatic carbocycles. The fourth-order valence-electron chi connectivity index (χ4n) is 2.45. The van der Waals surface area contributed by atoms with Crippen LogP contribution in [-0.4, -0.2) is 35.5 Å². The fourth-order valence-corrected chi connectivity index (χ4v) is 2.45. The summed E-state index contributed by atoms with van der Waals surface area (Å²) in [6.45, 7) is 1.93. The maximum absolute atomic E-state index is 11.3. The fraction of sp³-hybridized carbons (Fsp3) is 0.308. The molecule has 1 aliphatic rings. The highest BCUT2D eigenvalue weighted by atomic mass is 16.2. The number of rotatable bonds is 3. The Morgan fingerprint density at radius 1 is 1.43 bits per heavy atom. The van der Waals surface area contributed by atoms with Gasteiger partial charge in [-0.15, -0.1) is 0 Å². The minimum Gasteiger partial charge on any atom is -0.333 e. The summed E-state index contributed by atoms with van der Waals surface area (Å²) in [6, 6.07) is 5.25. The summed E-state index contributed by atoms with van der Waals surface area (Å²) in [5.74, 6) is -0.0683. The topological polar surface area (TPSA) is 110 Å². The lowest BCUT2D eigenvalue weighted by Gasteiger charge is -2.23. The number of hydrogen-bond donors (Lipinski definition) is 3. The van der Waals surface area contributed by atoms with Crippen LogP contribution in [0.2, 0.25) is 0 Å². The molecule has 21 heavy (non-hydrogen) atoms. The van der Waals surface area contributed by atoms with Gasteiger partial charge in [-0.2, -0.15) is 10.6 Å². The van der Waals surface area contributed by atoms with Crippen LogP contribution in [0.3, 0.4) is 0 Å². The molecule has 108 valence electrons. The molecule has 0 saturated heterocycles. The number of anilines is 1. The lowest BCUT2D eigenvalue weighted by molar-refractivity contribution is 0.244. The summed E-state index contributed by atoms with van der Waals surface area (Å²) >= 11 is 0. The smallest absolute Gasteiger partial charge is 0.333 e. The van der Waals surface area contributed by atoms with Gasteiger partial charge >= 0.3 is 6.03 Å². The first-order valence-electron chi connectivity index (χ1n) is 6.54. The number of carbonyl (C=O) groups excluding carboxylic acids is 1. The Bertz CT molecular complexity index is 735. The first-order chi connectivity index (χ1) is 10.1. The van der Waals surface area contributed by atoms with Crippen molar-refractivity contribution in [2.24, 2.45) is 10.2 Å². The maximum Gasteiger partial charge on any atom is 0.340 e. The molecule has 2 heterocycles. The van der Waals surface area contributed by atoms with Gasteiger partial charge < -0.3 is 5.32 Å². The van der Waals surface area contributed by atoms with Gasteiger partial charge in [-0.25, -0.2) is 9.79 Å². The number of fused-ring (bicyclic) bond motifs is 1. The molecular weight excluding hydrogens is 270 g/mol. The number of urea groups is 1. The Kier molecular flexibility index (Phi) is 3.13. The van der Waals surface area contributed by atoms with E-state index in [2.05, 4.69) is 25.7 Å². The molecule has 1 aromatic carbocycles. The third-order valence-electron chi connectivity index (χ3n) is 3.67. The number of benzene rings is 1. The molecular formula is C13H15N7O. The summed E-state index contributed by atoms with van der Waals surface area (Å²) in [4.78, 5) is 15.1. The largest absolute Gasteiger partial charge is 0.340 e. The minimum atomic E-state index is -0.323. The number of aromatic amines is 1. The first-order valence-corrected chi connectivity index (χ1v) is 6.54. The molecule has 0 spiro atoms. The zero-order valence-electron chi connectivity index (χ0n) is 11.7. The van der Waals surface area contributed by atoms with Crippen molar-refractivity contribution >= 4 is 28.8 Å². The van der Waals surface area contributed by atoms with Crippen LogP contribution in [-0.2, 0) is 0 Å². The van der Waals surface area contributed by atoms with Crippen LogP contribution in [0.4, 0.5) is 10.5 Å². The van der Waals surface area contributed by atoms with Crippen LogP contribution in [0, 0.1) is 5.53 Å². The van der Waals surface area contributed by atoms with Gasteiger partial charge in [-0.05, 0) is 25.1 Å². The van der Waals surface area contributed by atoms with Gasteiger partial charge in [0.1, 0.15) is 0 Å². The summed E-state index contributed by atoms with van der Waals surface area (Å²) in [5, 5.41) is 15.9. The molecule has 2 atom stereocenters. The van der Waals surface area contributed by atoms with E-state index in [-0.39, 0.29) is 18.0 Å². The number of hydrogen-bond acceptors (Lipinski definition) is 4.